The van der Waals surface area contributed by atoms with Crippen LogP contribution in [0.5, 0.6) is 11.5 Å². The SMILES string of the molecule is COc1c2occc2c(OCc2ccccc2)c2c(=O)cc(C)oc12. The van der Waals surface area contributed by atoms with E-state index in [2.05, 4.69) is 0 Å². The molecule has 0 atom stereocenters. The van der Waals surface area contributed by atoms with Gasteiger partial charge in [-0.05, 0) is 18.6 Å². The van der Waals surface area contributed by atoms with E-state index in [0.717, 1.165) is 5.56 Å². The molecular formula is C20H16O5. The van der Waals surface area contributed by atoms with Crippen LogP contribution in [0.25, 0.3) is 21.9 Å². The average Bonchev–Trinajstić information content (AvgIpc) is 3.09. The standard InChI is InChI=1S/C20H16O5/c1-12-10-15(21)16-17(24-11-13-6-4-3-5-7-13)14-8-9-23-18(14)20(22-2)19(16)25-12/h3-10H,11H2,1-2H3. The van der Waals surface area contributed by atoms with Gasteiger partial charge in [0.15, 0.2) is 16.6 Å². The van der Waals surface area contributed by atoms with Crippen LogP contribution in [0.2, 0.25) is 0 Å². The van der Waals surface area contributed by atoms with Crippen molar-refractivity contribution in [3.8, 4) is 11.5 Å². The average molecular weight is 336 g/mol. The molecule has 5 heteroatoms. The number of aryl methyl sites for hydroxylation is 1. The van der Waals surface area contributed by atoms with Gasteiger partial charge in [0.1, 0.15) is 23.5 Å². The number of furan rings is 1. The maximum absolute atomic E-state index is 12.6. The van der Waals surface area contributed by atoms with E-state index < -0.39 is 0 Å². The summed E-state index contributed by atoms with van der Waals surface area (Å²) in [6.07, 6.45) is 1.54. The maximum atomic E-state index is 12.6. The number of ether oxygens (including phenoxy) is 2. The highest BCUT2D eigenvalue weighted by Gasteiger charge is 2.22. The monoisotopic (exact) mass is 336 g/mol. The maximum Gasteiger partial charge on any atom is 0.206 e. The van der Waals surface area contributed by atoms with Crippen LogP contribution in [0.4, 0.5) is 0 Å². The number of rotatable bonds is 4. The molecule has 5 nitrogen and oxygen atoms in total. The molecule has 0 unspecified atom stereocenters. The molecule has 0 radical (unpaired) electrons. The topological polar surface area (TPSA) is 61.8 Å². The molecule has 0 amide bonds. The van der Waals surface area contributed by atoms with Crippen LogP contribution in [0.1, 0.15) is 11.3 Å². The van der Waals surface area contributed by atoms with Crippen molar-refractivity contribution in [1.82, 2.24) is 0 Å². The van der Waals surface area contributed by atoms with Gasteiger partial charge in [0, 0.05) is 6.07 Å². The summed E-state index contributed by atoms with van der Waals surface area (Å²) in [5.74, 6) is 1.33. The van der Waals surface area contributed by atoms with Crippen LogP contribution in [-0.4, -0.2) is 7.11 Å². The normalized spacial score (nSPS) is 11.1. The Morgan fingerprint density at radius 1 is 1.04 bits per heavy atom. The van der Waals surface area contributed by atoms with Crippen molar-refractivity contribution in [3.05, 3.63) is 70.3 Å². The highest BCUT2D eigenvalue weighted by atomic mass is 16.5. The second-order valence-electron chi connectivity index (χ2n) is 5.73. The van der Waals surface area contributed by atoms with Crippen LogP contribution in [0, 0.1) is 6.92 Å². The van der Waals surface area contributed by atoms with Crippen molar-refractivity contribution in [2.45, 2.75) is 13.5 Å². The molecular weight excluding hydrogens is 320 g/mol. The van der Waals surface area contributed by atoms with Crippen LogP contribution < -0.4 is 14.9 Å². The lowest BCUT2D eigenvalue weighted by Crippen LogP contribution is -2.06. The van der Waals surface area contributed by atoms with E-state index in [0.29, 0.717) is 45.8 Å². The highest BCUT2D eigenvalue weighted by Crippen LogP contribution is 2.42. The van der Waals surface area contributed by atoms with Crippen molar-refractivity contribution in [2.24, 2.45) is 0 Å². The number of hydrogen-bond acceptors (Lipinski definition) is 5. The fourth-order valence-corrected chi connectivity index (χ4v) is 2.95. The summed E-state index contributed by atoms with van der Waals surface area (Å²) in [5.41, 5.74) is 1.65. The zero-order valence-corrected chi connectivity index (χ0v) is 13.9. The third-order valence-corrected chi connectivity index (χ3v) is 4.05. The summed E-state index contributed by atoms with van der Waals surface area (Å²) in [6.45, 7) is 2.05. The Balaban J connectivity index is 1.97. The minimum Gasteiger partial charge on any atom is -0.490 e. The first-order chi connectivity index (χ1) is 12.2. The first kappa shape index (κ1) is 15.3. The lowest BCUT2D eigenvalue weighted by atomic mass is 10.1. The second-order valence-corrected chi connectivity index (χ2v) is 5.73. The minimum atomic E-state index is -0.178. The Morgan fingerprint density at radius 2 is 1.84 bits per heavy atom. The Morgan fingerprint density at radius 3 is 2.60 bits per heavy atom. The molecule has 0 saturated carbocycles. The number of methoxy groups -OCH3 is 1. The van der Waals surface area contributed by atoms with Crippen LogP contribution in [0.3, 0.4) is 0 Å². The molecule has 0 bridgehead atoms. The lowest BCUT2D eigenvalue weighted by molar-refractivity contribution is 0.312. The van der Waals surface area contributed by atoms with Gasteiger partial charge in [0.2, 0.25) is 5.75 Å². The van der Waals surface area contributed by atoms with Crippen LogP contribution in [0.15, 0.2) is 62.4 Å². The van der Waals surface area contributed by atoms with E-state index in [1.165, 1.54) is 13.2 Å². The number of benzene rings is 2. The largest absolute Gasteiger partial charge is 0.490 e. The predicted molar refractivity (Wildman–Crippen MR) is 94.3 cm³/mol. The molecule has 25 heavy (non-hydrogen) atoms. The Bertz CT molecular complexity index is 1110. The smallest absolute Gasteiger partial charge is 0.206 e. The Labute approximate surface area is 143 Å². The summed E-state index contributed by atoms with van der Waals surface area (Å²) in [7, 11) is 1.52. The Hall–Kier alpha value is -3.21. The molecule has 0 saturated heterocycles. The van der Waals surface area contributed by atoms with E-state index in [4.69, 9.17) is 18.3 Å². The molecule has 0 N–H and O–H groups in total. The van der Waals surface area contributed by atoms with Gasteiger partial charge in [0.25, 0.3) is 0 Å². The van der Waals surface area contributed by atoms with E-state index in [-0.39, 0.29) is 5.43 Å². The van der Waals surface area contributed by atoms with Crippen molar-refractivity contribution in [3.63, 3.8) is 0 Å². The second kappa shape index (κ2) is 6.02. The number of hydrogen-bond donors (Lipinski definition) is 0. The van der Waals surface area contributed by atoms with E-state index in [1.54, 1.807) is 19.3 Å². The molecule has 4 rings (SSSR count). The van der Waals surface area contributed by atoms with E-state index in [1.807, 2.05) is 30.3 Å². The zero-order valence-electron chi connectivity index (χ0n) is 13.9. The summed E-state index contributed by atoms with van der Waals surface area (Å²) < 4.78 is 22.8. The molecule has 2 heterocycles. The third kappa shape index (κ3) is 2.54. The van der Waals surface area contributed by atoms with Crippen molar-refractivity contribution in [2.75, 3.05) is 7.11 Å². The molecule has 0 aliphatic carbocycles. The van der Waals surface area contributed by atoms with Crippen molar-refractivity contribution < 1.29 is 18.3 Å². The molecule has 0 fully saturated rings. The van der Waals surface area contributed by atoms with Crippen molar-refractivity contribution in [1.29, 1.82) is 0 Å². The first-order valence-corrected chi connectivity index (χ1v) is 7.87. The predicted octanol–water partition coefficient (Wildman–Crippen LogP) is 4.44. The lowest BCUT2D eigenvalue weighted by Gasteiger charge is -2.13. The van der Waals surface area contributed by atoms with Gasteiger partial charge >= 0.3 is 0 Å². The molecule has 0 aliphatic rings. The fraction of sp³-hybridized carbons (Fsp3) is 0.150. The molecule has 4 aromatic rings. The van der Waals surface area contributed by atoms with Crippen LogP contribution in [-0.2, 0) is 6.61 Å². The third-order valence-electron chi connectivity index (χ3n) is 4.05. The molecule has 0 spiro atoms. The summed E-state index contributed by atoms with van der Waals surface area (Å²) >= 11 is 0. The van der Waals surface area contributed by atoms with Gasteiger partial charge in [-0.2, -0.15) is 0 Å². The summed E-state index contributed by atoms with van der Waals surface area (Å²) in [6, 6.07) is 13.0. The molecule has 2 aromatic heterocycles. The summed E-state index contributed by atoms with van der Waals surface area (Å²) in [5, 5.41) is 1.03. The van der Waals surface area contributed by atoms with E-state index in [9.17, 15) is 4.79 Å². The summed E-state index contributed by atoms with van der Waals surface area (Å²) in [4.78, 5) is 12.6. The Kier molecular flexibility index (Phi) is 3.69. The minimum absolute atomic E-state index is 0.178. The molecule has 126 valence electrons. The number of fused-ring (bicyclic) bond motifs is 2. The van der Waals surface area contributed by atoms with E-state index >= 15 is 0 Å². The van der Waals surface area contributed by atoms with Gasteiger partial charge in [-0.15, -0.1) is 0 Å². The van der Waals surface area contributed by atoms with Gasteiger partial charge in [-0.25, -0.2) is 0 Å². The molecule has 2 aromatic carbocycles. The molecule has 0 aliphatic heterocycles. The quantitative estimate of drug-likeness (QED) is 0.551. The van der Waals surface area contributed by atoms with Crippen molar-refractivity contribution >= 4 is 21.9 Å². The highest BCUT2D eigenvalue weighted by molar-refractivity contribution is 6.06. The van der Waals surface area contributed by atoms with Gasteiger partial charge in [-0.3, -0.25) is 4.79 Å². The van der Waals surface area contributed by atoms with Gasteiger partial charge in [-0.1, -0.05) is 30.3 Å². The zero-order chi connectivity index (χ0) is 17.4. The fourth-order valence-electron chi connectivity index (χ4n) is 2.95. The first-order valence-electron chi connectivity index (χ1n) is 7.87. The van der Waals surface area contributed by atoms with Crippen LogP contribution >= 0.6 is 0 Å². The van der Waals surface area contributed by atoms with Gasteiger partial charge in [0.05, 0.1) is 18.8 Å². The van der Waals surface area contributed by atoms with Gasteiger partial charge < -0.3 is 18.3 Å².